The summed E-state index contributed by atoms with van der Waals surface area (Å²) >= 11 is 0. The minimum absolute atomic E-state index is 0.251. The van der Waals surface area contributed by atoms with Crippen LogP contribution >= 0.6 is 0 Å². The Morgan fingerprint density at radius 2 is 2.19 bits per heavy atom. The van der Waals surface area contributed by atoms with Crippen molar-refractivity contribution >= 4 is 0 Å². The maximum atomic E-state index is 11.8. The molecule has 0 saturated carbocycles. The van der Waals surface area contributed by atoms with Gasteiger partial charge in [0.2, 0.25) is 0 Å². The molecule has 92 valence electrons. The lowest BCUT2D eigenvalue weighted by Gasteiger charge is -2.09. The third-order valence-electron chi connectivity index (χ3n) is 1.97. The lowest BCUT2D eigenvalue weighted by atomic mass is 10.2. The van der Waals surface area contributed by atoms with Gasteiger partial charge in [0.15, 0.2) is 0 Å². The first-order valence-corrected chi connectivity index (χ1v) is 5.32. The number of alkyl halides is 2. The van der Waals surface area contributed by atoms with E-state index >= 15 is 0 Å². The van der Waals surface area contributed by atoms with Crippen LogP contribution in [-0.2, 0) is 17.7 Å². The maximum Gasteiger partial charge on any atom is 0.261 e. The molecule has 0 spiro atoms. The molecule has 0 amide bonds. The Hall–Kier alpha value is -1.04. The van der Waals surface area contributed by atoms with E-state index in [-0.39, 0.29) is 6.61 Å². The average Bonchev–Trinajstić information content (AvgIpc) is 2.59. The van der Waals surface area contributed by atoms with Crippen LogP contribution in [0, 0.1) is 5.92 Å². The van der Waals surface area contributed by atoms with Crippen LogP contribution in [0.2, 0.25) is 0 Å². The van der Waals surface area contributed by atoms with E-state index in [1.54, 1.807) is 6.33 Å². The molecule has 1 heterocycles. The molecule has 1 aromatic rings. The lowest BCUT2D eigenvalue weighted by molar-refractivity contribution is 0.0181. The highest BCUT2D eigenvalue weighted by molar-refractivity contribution is 4.86. The molecular weight excluding hydrogens is 216 g/mol. The Balaban J connectivity index is 2.33. The predicted molar refractivity (Wildman–Crippen MR) is 55.4 cm³/mol. The molecule has 0 fully saturated rings. The minimum atomic E-state index is -2.41. The zero-order valence-electron chi connectivity index (χ0n) is 9.57. The van der Waals surface area contributed by atoms with Gasteiger partial charge in [-0.1, -0.05) is 13.8 Å². The van der Waals surface area contributed by atoms with E-state index in [0.29, 0.717) is 12.3 Å². The Bertz CT molecular complexity index is 302. The molecular formula is C10H17F2N3O. The summed E-state index contributed by atoms with van der Waals surface area (Å²) in [5, 5.41) is 7.73. The molecule has 1 aromatic heterocycles. The summed E-state index contributed by atoms with van der Waals surface area (Å²) < 4.78 is 30.3. The summed E-state index contributed by atoms with van der Waals surface area (Å²) in [4.78, 5) is 0. The molecule has 16 heavy (non-hydrogen) atoms. The fraction of sp³-hybridized carbons (Fsp3) is 0.800. The summed E-state index contributed by atoms with van der Waals surface area (Å²) in [7, 11) is 0. The Labute approximate surface area is 93.6 Å². The smallest absolute Gasteiger partial charge is 0.261 e. The van der Waals surface area contributed by atoms with Gasteiger partial charge in [0.1, 0.15) is 18.8 Å². The predicted octanol–water partition coefficient (Wildman–Crippen LogP) is 1.76. The van der Waals surface area contributed by atoms with Crippen molar-refractivity contribution < 1.29 is 13.5 Å². The monoisotopic (exact) mass is 233 g/mol. The normalized spacial score (nSPS) is 11.6. The molecule has 0 saturated heterocycles. The topological polar surface area (TPSA) is 39.9 Å². The summed E-state index contributed by atoms with van der Waals surface area (Å²) in [6.45, 7) is 4.75. The molecule has 0 aliphatic rings. The number of hydrogen-bond donors (Lipinski definition) is 0. The van der Waals surface area contributed by atoms with Crippen molar-refractivity contribution in [1.29, 1.82) is 0 Å². The van der Waals surface area contributed by atoms with Crippen LogP contribution in [0.5, 0.6) is 0 Å². The highest BCUT2D eigenvalue weighted by Crippen LogP contribution is 2.03. The number of nitrogens with zero attached hydrogens (tertiary/aromatic N) is 3. The maximum absolute atomic E-state index is 11.8. The summed E-state index contributed by atoms with van der Waals surface area (Å²) in [5.41, 5.74) is 0. The molecule has 0 aliphatic carbocycles. The standard InChI is InChI=1S/C10H17F2N3O/c1-8(2)5-15-7-13-14-10(15)3-4-16-6-9(11)12/h7-9H,3-6H2,1-2H3. The average molecular weight is 233 g/mol. The van der Waals surface area contributed by atoms with Crippen LogP contribution in [0.15, 0.2) is 6.33 Å². The molecule has 0 atom stereocenters. The zero-order chi connectivity index (χ0) is 12.0. The molecule has 0 bridgehead atoms. The van der Waals surface area contributed by atoms with E-state index in [4.69, 9.17) is 4.74 Å². The number of aromatic nitrogens is 3. The van der Waals surface area contributed by atoms with Gasteiger partial charge < -0.3 is 9.30 Å². The van der Waals surface area contributed by atoms with E-state index in [2.05, 4.69) is 24.0 Å². The van der Waals surface area contributed by atoms with Crippen molar-refractivity contribution in [1.82, 2.24) is 14.8 Å². The van der Waals surface area contributed by atoms with Crippen molar-refractivity contribution in [2.75, 3.05) is 13.2 Å². The molecule has 0 radical (unpaired) electrons. The van der Waals surface area contributed by atoms with Crippen molar-refractivity contribution in [2.24, 2.45) is 5.92 Å². The quantitative estimate of drug-likeness (QED) is 0.674. The molecule has 0 aromatic carbocycles. The van der Waals surface area contributed by atoms with Gasteiger partial charge in [0.25, 0.3) is 6.43 Å². The fourth-order valence-corrected chi connectivity index (χ4v) is 1.35. The Morgan fingerprint density at radius 1 is 1.44 bits per heavy atom. The van der Waals surface area contributed by atoms with Crippen LogP contribution < -0.4 is 0 Å². The fourth-order valence-electron chi connectivity index (χ4n) is 1.35. The van der Waals surface area contributed by atoms with E-state index < -0.39 is 13.0 Å². The van der Waals surface area contributed by atoms with Crippen LogP contribution in [0.4, 0.5) is 8.78 Å². The van der Waals surface area contributed by atoms with E-state index in [1.165, 1.54) is 0 Å². The lowest BCUT2D eigenvalue weighted by Crippen LogP contribution is -2.12. The second kappa shape index (κ2) is 6.52. The van der Waals surface area contributed by atoms with E-state index in [0.717, 1.165) is 12.4 Å². The summed E-state index contributed by atoms with van der Waals surface area (Å²) in [5.74, 6) is 1.28. The van der Waals surface area contributed by atoms with Gasteiger partial charge in [0, 0.05) is 13.0 Å². The molecule has 0 unspecified atom stereocenters. The zero-order valence-corrected chi connectivity index (χ0v) is 9.57. The second-order valence-electron chi connectivity index (χ2n) is 4.01. The second-order valence-corrected chi connectivity index (χ2v) is 4.01. The van der Waals surface area contributed by atoms with Gasteiger partial charge in [-0.25, -0.2) is 8.78 Å². The van der Waals surface area contributed by atoms with Gasteiger partial charge in [-0.05, 0) is 5.92 Å². The van der Waals surface area contributed by atoms with Crippen molar-refractivity contribution in [2.45, 2.75) is 33.2 Å². The molecule has 0 N–H and O–H groups in total. The van der Waals surface area contributed by atoms with Gasteiger partial charge in [0.05, 0.1) is 6.61 Å². The van der Waals surface area contributed by atoms with Crippen molar-refractivity contribution in [3.63, 3.8) is 0 Å². The Morgan fingerprint density at radius 3 is 2.81 bits per heavy atom. The summed E-state index contributed by atoms with van der Waals surface area (Å²) in [6.07, 6.45) is -0.240. The van der Waals surface area contributed by atoms with Crippen LogP contribution in [-0.4, -0.2) is 34.4 Å². The minimum Gasteiger partial charge on any atom is -0.375 e. The van der Waals surface area contributed by atoms with Gasteiger partial charge in [-0.3, -0.25) is 0 Å². The van der Waals surface area contributed by atoms with E-state index in [1.807, 2.05) is 4.57 Å². The molecule has 4 nitrogen and oxygen atoms in total. The van der Waals surface area contributed by atoms with Crippen LogP contribution in [0.3, 0.4) is 0 Å². The SMILES string of the molecule is CC(C)Cn1cnnc1CCOCC(F)F. The first-order valence-electron chi connectivity index (χ1n) is 5.32. The first-order chi connectivity index (χ1) is 7.59. The largest absolute Gasteiger partial charge is 0.375 e. The third-order valence-corrected chi connectivity index (χ3v) is 1.97. The highest BCUT2D eigenvalue weighted by atomic mass is 19.3. The van der Waals surface area contributed by atoms with Crippen LogP contribution in [0.1, 0.15) is 19.7 Å². The Kier molecular flexibility index (Phi) is 5.31. The molecule has 0 aliphatic heterocycles. The molecule has 6 heteroatoms. The summed E-state index contributed by atoms with van der Waals surface area (Å²) in [6, 6.07) is 0. The van der Waals surface area contributed by atoms with Gasteiger partial charge in [-0.2, -0.15) is 0 Å². The first kappa shape index (κ1) is 13.0. The third kappa shape index (κ3) is 4.65. The number of ether oxygens (including phenoxy) is 1. The highest BCUT2D eigenvalue weighted by Gasteiger charge is 2.07. The van der Waals surface area contributed by atoms with Crippen molar-refractivity contribution in [3.8, 4) is 0 Å². The number of rotatable bonds is 7. The number of halogens is 2. The van der Waals surface area contributed by atoms with E-state index in [9.17, 15) is 8.78 Å². The van der Waals surface area contributed by atoms with Crippen LogP contribution in [0.25, 0.3) is 0 Å². The number of hydrogen-bond acceptors (Lipinski definition) is 3. The van der Waals surface area contributed by atoms with Crippen molar-refractivity contribution in [3.05, 3.63) is 12.2 Å². The van der Waals surface area contributed by atoms with Gasteiger partial charge >= 0.3 is 0 Å². The van der Waals surface area contributed by atoms with Gasteiger partial charge in [-0.15, -0.1) is 10.2 Å². The molecule has 1 rings (SSSR count).